The Balaban J connectivity index is 1.60. The molecule has 116 valence electrons. The Morgan fingerprint density at radius 3 is 2.27 bits per heavy atom. The molecule has 0 amide bonds. The van der Waals surface area contributed by atoms with Gasteiger partial charge in [0.1, 0.15) is 0 Å². The van der Waals surface area contributed by atoms with Crippen molar-refractivity contribution in [1.29, 1.82) is 0 Å². The first kappa shape index (κ1) is 16.5. The predicted octanol–water partition coefficient (Wildman–Crippen LogP) is 4.23. The SMILES string of the molecule is CC(NC(=S)NCCCCc1ccccc1)c1ccccc1. The number of thiocarbonyl (C=S) groups is 1. The van der Waals surface area contributed by atoms with Crippen LogP contribution in [0.4, 0.5) is 0 Å². The van der Waals surface area contributed by atoms with Gasteiger partial charge in [-0.25, -0.2) is 0 Å². The van der Waals surface area contributed by atoms with E-state index < -0.39 is 0 Å². The van der Waals surface area contributed by atoms with Gasteiger partial charge in [0.2, 0.25) is 0 Å². The van der Waals surface area contributed by atoms with Crippen molar-refractivity contribution in [2.24, 2.45) is 0 Å². The second-order valence-corrected chi connectivity index (χ2v) is 5.88. The monoisotopic (exact) mass is 312 g/mol. The van der Waals surface area contributed by atoms with Gasteiger partial charge >= 0.3 is 0 Å². The molecule has 0 aliphatic heterocycles. The summed E-state index contributed by atoms with van der Waals surface area (Å²) in [5.41, 5.74) is 2.65. The van der Waals surface area contributed by atoms with E-state index in [1.54, 1.807) is 0 Å². The highest BCUT2D eigenvalue weighted by Gasteiger charge is 2.05. The van der Waals surface area contributed by atoms with E-state index in [9.17, 15) is 0 Å². The zero-order valence-electron chi connectivity index (χ0n) is 13.1. The van der Waals surface area contributed by atoms with Gasteiger partial charge in [-0.2, -0.15) is 0 Å². The fourth-order valence-electron chi connectivity index (χ4n) is 2.37. The first-order chi connectivity index (χ1) is 10.8. The highest BCUT2D eigenvalue weighted by molar-refractivity contribution is 7.80. The van der Waals surface area contributed by atoms with E-state index in [2.05, 4.69) is 60.0 Å². The van der Waals surface area contributed by atoms with Crippen molar-refractivity contribution in [1.82, 2.24) is 10.6 Å². The third kappa shape index (κ3) is 5.86. The first-order valence-corrected chi connectivity index (χ1v) is 8.30. The zero-order valence-corrected chi connectivity index (χ0v) is 13.9. The van der Waals surface area contributed by atoms with Crippen molar-refractivity contribution in [3.05, 3.63) is 71.8 Å². The minimum absolute atomic E-state index is 0.227. The van der Waals surface area contributed by atoms with Crippen molar-refractivity contribution in [3.63, 3.8) is 0 Å². The fourth-order valence-corrected chi connectivity index (χ4v) is 2.65. The fraction of sp³-hybridized carbons (Fsp3) is 0.316. The number of aryl methyl sites for hydroxylation is 1. The van der Waals surface area contributed by atoms with E-state index in [4.69, 9.17) is 12.2 Å². The molecule has 0 fully saturated rings. The third-order valence-electron chi connectivity index (χ3n) is 3.67. The Hall–Kier alpha value is -1.87. The molecule has 0 bridgehead atoms. The maximum atomic E-state index is 5.35. The predicted molar refractivity (Wildman–Crippen MR) is 98.0 cm³/mol. The van der Waals surface area contributed by atoms with Crippen LogP contribution in [0.15, 0.2) is 60.7 Å². The molecule has 22 heavy (non-hydrogen) atoms. The van der Waals surface area contributed by atoms with Crippen LogP contribution in [0.1, 0.15) is 36.9 Å². The van der Waals surface area contributed by atoms with E-state index in [1.165, 1.54) is 17.5 Å². The molecule has 0 aliphatic carbocycles. The molecule has 1 unspecified atom stereocenters. The summed E-state index contributed by atoms with van der Waals surface area (Å²) in [6.07, 6.45) is 3.42. The lowest BCUT2D eigenvalue weighted by atomic mass is 10.1. The largest absolute Gasteiger partial charge is 0.363 e. The highest BCUT2D eigenvalue weighted by atomic mass is 32.1. The molecule has 0 aromatic heterocycles. The molecule has 2 nitrogen and oxygen atoms in total. The molecule has 0 spiro atoms. The molecule has 0 radical (unpaired) electrons. The Kier molecular flexibility index (Phi) is 6.91. The number of hydrogen-bond acceptors (Lipinski definition) is 1. The maximum Gasteiger partial charge on any atom is 0.166 e. The molecule has 3 heteroatoms. The van der Waals surface area contributed by atoms with Crippen LogP contribution in [0.2, 0.25) is 0 Å². The molecule has 2 rings (SSSR count). The summed E-state index contributed by atoms with van der Waals surface area (Å²) in [4.78, 5) is 0. The standard InChI is InChI=1S/C19H24N2S/c1-16(18-13-6-3-7-14-18)21-19(22)20-15-9-8-12-17-10-4-2-5-11-17/h2-7,10-11,13-14,16H,8-9,12,15H2,1H3,(H2,20,21,22). The van der Waals surface area contributed by atoms with E-state index >= 15 is 0 Å². The molecule has 0 aliphatic rings. The molecule has 2 aromatic rings. The highest BCUT2D eigenvalue weighted by Crippen LogP contribution is 2.10. The topological polar surface area (TPSA) is 24.1 Å². The third-order valence-corrected chi connectivity index (χ3v) is 3.93. The smallest absolute Gasteiger partial charge is 0.166 e. The summed E-state index contributed by atoms with van der Waals surface area (Å²) in [6, 6.07) is 21.2. The summed E-state index contributed by atoms with van der Waals surface area (Å²) in [7, 11) is 0. The molecule has 1 atom stereocenters. The average molecular weight is 312 g/mol. The lowest BCUT2D eigenvalue weighted by Crippen LogP contribution is -2.37. The molecular formula is C19H24N2S. The van der Waals surface area contributed by atoms with E-state index in [0.717, 1.165) is 24.5 Å². The number of nitrogens with one attached hydrogen (secondary N) is 2. The molecule has 0 saturated heterocycles. The lowest BCUT2D eigenvalue weighted by Gasteiger charge is -2.17. The number of benzene rings is 2. The summed E-state index contributed by atoms with van der Waals surface area (Å²) >= 11 is 5.35. The van der Waals surface area contributed by atoms with Gasteiger partial charge in [-0.1, -0.05) is 60.7 Å². The van der Waals surface area contributed by atoms with Crippen LogP contribution in [-0.4, -0.2) is 11.7 Å². The Morgan fingerprint density at radius 2 is 1.59 bits per heavy atom. The minimum Gasteiger partial charge on any atom is -0.363 e. The van der Waals surface area contributed by atoms with Gasteiger partial charge in [0.05, 0.1) is 6.04 Å². The van der Waals surface area contributed by atoms with Gasteiger partial charge in [-0.15, -0.1) is 0 Å². The van der Waals surface area contributed by atoms with Crippen molar-refractivity contribution in [2.75, 3.05) is 6.54 Å². The van der Waals surface area contributed by atoms with Gasteiger partial charge in [0, 0.05) is 6.54 Å². The second-order valence-electron chi connectivity index (χ2n) is 5.48. The average Bonchev–Trinajstić information content (AvgIpc) is 2.56. The van der Waals surface area contributed by atoms with Crippen molar-refractivity contribution >= 4 is 17.3 Å². The van der Waals surface area contributed by atoms with Crippen molar-refractivity contribution < 1.29 is 0 Å². The quantitative estimate of drug-likeness (QED) is 0.591. The first-order valence-electron chi connectivity index (χ1n) is 7.89. The van der Waals surface area contributed by atoms with E-state index in [0.29, 0.717) is 0 Å². The van der Waals surface area contributed by atoms with Crippen LogP contribution in [-0.2, 0) is 6.42 Å². The number of unbranched alkanes of at least 4 members (excludes halogenated alkanes) is 1. The van der Waals surface area contributed by atoms with Crippen molar-refractivity contribution in [2.45, 2.75) is 32.2 Å². The zero-order chi connectivity index (χ0) is 15.6. The van der Waals surface area contributed by atoms with E-state index in [1.807, 2.05) is 18.2 Å². The van der Waals surface area contributed by atoms with Crippen LogP contribution in [0, 0.1) is 0 Å². The summed E-state index contributed by atoms with van der Waals surface area (Å²) in [5, 5.41) is 7.35. The Labute approximate surface area is 139 Å². The minimum atomic E-state index is 0.227. The van der Waals surface area contributed by atoms with Gasteiger partial charge < -0.3 is 10.6 Å². The van der Waals surface area contributed by atoms with Gasteiger partial charge in [0.25, 0.3) is 0 Å². The maximum absolute atomic E-state index is 5.35. The molecule has 0 heterocycles. The Morgan fingerprint density at radius 1 is 0.955 bits per heavy atom. The molecule has 2 aromatic carbocycles. The van der Waals surface area contributed by atoms with Gasteiger partial charge in [0.15, 0.2) is 5.11 Å². The summed E-state index contributed by atoms with van der Waals surface area (Å²) in [5.74, 6) is 0. The van der Waals surface area contributed by atoms with Gasteiger partial charge in [-0.3, -0.25) is 0 Å². The second kappa shape index (κ2) is 9.21. The van der Waals surface area contributed by atoms with Crippen LogP contribution < -0.4 is 10.6 Å². The normalized spacial score (nSPS) is 11.7. The van der Waals surface area contributed by atoms with Crippen LogP contribution in [0.3, 0.4) is 0 Å². The van der Waals surface area contributed by atoms with Crippen LogP contribution >= 0.6 is 12.2 Å². The summed E-state index contributed by atoms with van der Waals surface area (Å²) in [6.45, 7) is 3.04. The molecule has 0 saturated carbocycles. The van der Waals surface area contributed by atoms with Crippen LogP contribution in [0.5, 0.6) is 0 Å². The Bertz CT molecular complexity index is 554. The molecular weight excluding hydrogens is 288 g/mol. The lowest BCUT2D eigenvalue weighted by molar-refractivity contribution is 0.670. The van der Waals surface area contributed by atoms with Crippen LogP contribution in [0.25, 0.3) is 0 Å². The molecule has 2 N–H and O–H groups in total. The van der Waals surface area contributed by atoms with Gasteiger partial charge in [-0.05, 0) is 49.5 Å². The van der Waals surface area contributed by atoms with Crippen molar-refractivity contribution in [3.8, 4) is 0 Å². The summed E-state index contributed by atoms with van der Waals surface area (Å²) < 4.78 is 0. The number of hydrogen-bond donors (Lipinski definition) is 2. The number of rotatable bonds is 7. The van der Waals surface area contributed by atoms with E-state index in [-0.39, 0.29) is 6.04 Å².